The van der Waals surface area contributed by atoms with Crippen molar-refractivity contribution in [1.29, 1.82) is 0 Å². The maximum absolute atomic E-state index is 12.9. The molecule has 1 amide bonds. The number of unbranched alkanes of at least 4 members (excludes halogenated alkanes) is 2. The molecule has 1 N–H and O–H groups in total. The van der Waals surface area contributed by atoms with Gasteiger partial charge in [-0.05, 0) is 54.8 Å². The number of benzene rings is 2. The fourth-order valence-electron chi connectivity index (χ4n) is 3.78. The van der Waals surface area contributed by atoms with Gasteiger partial charge < -0.3 is 24.1 Å². The zero-order valence-corrected chi connectivity index (χ0v) is 18.7. The van der Waals surface area contributed by atoms with Crippen molar-refractivity contribution in [3.63, 3.8) is 0 Å². The Bertz CT molecular complexity index is 1220. The normalized spacial score (nSPS) is 12.2. The Labute approximate surface area is 186 Å². The second kappa shape index (κ2) is 9.34. The highest BCUT2D eigenvalue weighted by Gasteiger charge is 2.17. The Balaban J connectivity index is 1.55. The summed E-state index contributed by atoms with van der Waals surface area (Å²) in [6.45, 7) is 5.24. The number of aryl methyl sites for hydroxylation is 2. The van der Waals surface area contributed by atoms with E-state index in [0.29, 0.717) is 18.1 Å². The summed E-state index contributed by atoms with van der Waals surface area (Å²) in [6.07, 6.45) is 3.25. The summed E-state index contributed by atoms with van der Waals surface area (Å²) < 4.78 is 18.1. The second-order valence-electron chi connectivity index (χ2n) is 8.02. The van der Waals surface area contributed by atoms with Crippen LogP contribution in [0.25, 0.3) is 10.9 Å². The van der Waals surface area contributed by atoms with Crippen molar-refractivity contribution in [2.75, 3.05) is 13.4 Å². The van der Waals surface area contributed by atoms with E-state index in [1.54, 1.807) is 13.1 Å². The van der Waals surface area contributed by atoms with E-state index in [1.165, 1.54) is 4.57 Å². The molecule has 2 aromatic carbocycles. The van der Waals surface area contributed by atoms with Gasteiger partial charge in [0.1, 0.15) is 11.3 Å². The van der Waals surface area contributed by atoms with Crippen LogP contribution in [0.5, 0.6) is 17.2 Å². The van der Waals surface area contributed by atoms with Gasteiger partial charge in [0, 0.05) is 19.0 Å². The van der Waals surface area contributed by atoms with Gasteiger partial charge in [0.25, 0.3) is 11.5 Å². The van der Waals surface area contributed by atoms with Gasteiger partial charge in [-0.25, -0.2) is 0 Å². The number of nitrogens with one attached hydrogen (secondary N) is 1. The molecule has 0 radical (unpaired) electrons. The molecule has 4 rings (SSSR count). The number of hydrogen-bond acceptors (Lipinski definition) is 5. The van der Waals surface area contributed by atoms with Gasteiger partial charge in [0.05, 0.1) is 12.1 Å². The van der Waals surface area contributed by atoms with Crippen LogP contribution < -0.4 is 25.1 Å². The molecule has 0 fully saturated rings. The first-order valence-corrected chi connectivity index (χ1v) is 10.9. The number of pyridine rings is 1. The average Bonchev–Trinajstić information content (AvgIpc) is 3.26. The lowest BCUT2D eigenvalue weighted by molar-refractivity contribution is 0.0949. The van der Waals surface area contributed by atoms with Crippen molar-refractivity contribution in [1.82, 2.24) is 9.88 Å². The second-order valence-corrected chi connectivity index (χ2v) is 8.02. The fraction of sp³-hybridized carbons (Fsp3) is 0.360. The van der Waals surface area contributed by atoms with Crippen LogP contribution in [0, 0.1) is 6.92 Å². The summed E-state index contributed by atoms with van der Waals surface area (Å²) in [4.78, 5) is 25.7. The largest absolute Gasteiger partial charge is 0.493 e. The summed E-state index contributed by atoms with van der Waals surface area (Å²) in [5.74, 6) is 1.70. The maximum Gasteiger partial charge on any atom is 0.263 e. The van der Waals surface area contributed by atoms with Gasteiger partial charge in [-0.15, -0.1) is 0 Å². The Hall–Kier alpha value is -3.48. The Kier molecular flexibility index (Phi) is 6.35. The minimum atomic E-state index is -0.420. The van der Waals surface area contributed by atoms with E-state index >= 15 is 0 Å². The van der Waals surface area contributed by atoms with E-state index in [-0.39, 0.29) is 24.5 Å². The zero-order valence-electron chi connectivity index (χ0n) is 18.7. The highest BCUT2D eigenvalue weighted by Crippen LogP contribution is 2.32. The number of ether oxygens (including phenoxy) is 3. The van der Waals surface area contributed by atoms with E-state index in [4.69, 9.17) is 14.2 Å². The number of carbonyl (C=O) groups excluding carboxylic acids is 1. The molecule has 1 aromatic heterocycles. The summed E-state index contributed by atoms with van der Waals surface area (Å²) in [5.41, 5.74) is 2.35. The minimum absolute atomic E-state index is 0.0986. The third-order valence-electron chi connectivity index (χ3n) is 5.66. The molecule has 1 aliphatic rings. The first-order chi connectivity index (χ1) is 15.5. The molecule has 0 atom stereocenters. The van der Waals surface area contributed by atoms with Crippen LogP contribution >= 0.6 is 0 Å². The first-order valence-electron chi connectivity index (χ1n) is 10.9. The van der Waals surface area contributed by atoms with Crippen molar-refractivity contribution < 1.29 is 19.0 Å². The van der Waals surface area contributed by atoms with Gasteiger partial charge in [-0.1, -0.05) is 25.8 Å². The molecule has 7 nitrogen and oxygen atoms in total. The molecule has 32 heavy (non-hydrogen) atoms. The standard InChI is InChI=1S/C25H28N2O5/c1-4-5-6-9-30-22-13-18-12-19(25(29)27(3)20(18)10-16(22)2)24(28)26-14-17-7-8-21-23(11-17)32-15-31-21/h7-8,10-13H,4-6,9,14-15H2,1-3H3,(H,26,28). The first kappa shape index (κ1) is 21.7. The maximum atomic E-state index is 12.9. The minimum Gasteiger partial charge on any atom is -0.493 e. The average molecular weight is 437 g/mol. The van der Waals surface area contributed by atoms with Crippen molar-refractivity contribution in [3.8, 4) is 17.2 Å². The molecule has 0 spiro atoms. The topological polar surface area (TPSA) is 78.8 Å². The molecule has 1 aliphatic heterocycles. The third-order valence-corrected chi connectivity index (χ3v) is 5.66. The number of aromatic nitrogens is 1. The predicted molar refractivity (Wildman–Crippen MR) is 123 cm³/mol. The van der Waals surface area contributed by atoms with E-state index < -0.39 is 5.91 Å². The Morgan fingerprint density at radius 2 is 1.94 bits per heavy atom. The molecule has 0 saturated carbocycles. The van der Waals surface area contributed by atoms with Crippen molar-refractivity contribution >= 4 is 16.8 Å². The van der Waals surface area contributed by atoms with Crippen molar-refractivity contribution in [2.45, 2.75) is 39.7 Å². The summed E-state index contributed by atoms with van der Waals surface area (Å²) in [7, 11) is 1.68. The molecule has 168 valence electrons. The number of nitrogens with zero attached hydrogens (tertiary/aromatic N) is 1. The highest BCUT2D eigenvalue weighted by atomic mass is 16.7. The summed E-state index contributed by atoms with van der Waals surface area (Å²) in [5, 5.41) is 3.62. The quantitative estimate of drug-likeness (QED) is 0.539. The number of amides is 1. The number of hydrogen-bond donors (Lipinski definition) is 1. The van der Waals surface area contributed by atoms with E-state index in [9.17, 15) is 9.59 Å². The Morgan fingerprint density at radius 1 is 1.12 bits per heavy atom. The lowest BCUT2D eigenvalue weighted by atomic mass is 10.1. The molecule has 0 bridgehead atoms. The third kappa shape index (κ3) is 4.42. The molecular weight excluding hydrogens is 408 g/mol. The van der Waals surface area contributed by atoms with Crippen LogP contribution in [-0.4, -0.2) is 23.9 Å². The molecule has 2 heterocycles. The van der Waals surface area contributed by atoms with Crippen LogP contribution in [0.1, 0.15) is 47.7 Å². The van der Waals surface area contributed by atoms with Crippen molar-refractivity contribution in [3.05, 3.63) is 63.4 Å². The molecule has 0 unspecified atom stereocenters. The zero-order chi connectivity index (χ0) is 22.7. The molecular formula is C25H28N2O5. The predicted octanol–water partition coefficient (Wildman–Crippen LogP) is 4.07. The van der Waals surface area contributed by atoms with Crippen LogP contribution in [0.4, 0.5) is 0 Å². The number of fused-ring (bicyclic) bond motifs is 2. The van der Waals surface area contributed by atoms with Gasteiger partial charge in [-0.3, -0.25) is 9.59 Å². The Morgan fingerprint density at radius 3 is 2.75 bits per heavy atom. The van der Waals surface area contributed by atoms with Gasteiger partial charge in [0.2, 0.25) is 6.79 Å². The lowest BCUT2D eigenvalue weighted by Crippen LogP contribution is -2.32. The van der Waals surface area contributed by atoms with Crippen LogP contribution in [0.2, 0.25) is 0 Å². The summed E-state index contributed by atoms with van der Waals surface area (Å²) in [6, 6.07) is 11.0. The van der Waals surface area contributed by atoms with Crippen LogP contribution in [-0.2, 0) is 13.6 Å². The van der Waals surface area contributed by atoms with Crippen LogP contribution in [0.15, 0.2) is 41.2 Å². The van der Waals surface area contributed by atoms with Gasteiger partial charge in [-0.2, -0.15) is 0 Å². The number of carbonyl (C=O) groups is 1. The molecule has 3 aromatic rings. The molecule has 0 saturated heterocycles. The number of rotatable bonds is 8. The van der Waals surface area contributed by atoms with Gasteiger partial charge >= 0.3 is 0 Å². The SMILES string of the molecule is CCCCCOc1cc2cc(C(=O)NCc3ccc4c(c3)OCO4)c(=O)n(C)c2cc1C. The summed E-state index contributed by atoms with van der Waals surface area (Å²) >= 11 is 0. The van der Waals surface area contributed by atoms with Gasteiger partial charge in [0.15, 0.2) is 11.5 Å². The van der Waals surface area contributed by atoms with E-state index in [1.807, 2.05) is 37.3 Å². The lowest BCUT2D eigenvalue weighted by Gasteiger charge is -2.14. The van der Waals surface area contributed by atoms with Crippen LogP contribution in [0.3, 0.4) is 0 Å². The van der Waals surface area contributed by atoms with Crippen molar-refractivity contribution in [2.24, 2.45) is 7.05 Å². The smallest absolute Gasteiger partial charge is 0.263 e. The monoisotopic (exact) mass is 436 g/mol. The molecule has 0 aliphatic carbocycles. The molecule has 7 heteroatoms. The van der Waals surface area contributed by atoms with E-state index in [0.717, 1.165) is 47.0 Å². The van der Waals surface area contributed by atoms with E-state index in [2.05, 4.69) is 12.2 Å². The highest BCUT2D eigenvalue weighted by molar-refractivity contribution is 5.97. The fourth-order valence-corrected chi connectivity index (χ4v) is 3.78.